The monoisotopic (exact) mass is 457 g/mol. The predicted molar refractivity (Wildman–Crippen MR) is 113 cm³/mol. The van der Waals surface area contributed by atoms with Crippen molar-refractivity contribution in [2.24, 2.45) is 23.3 Å². The molecule has 1 aliphatic rings. The highest BCUT2D eigenvalue weighted by Gasteiger charge is 2.35. The summed E-state index contributed by atoms with van der Waals surface area (Å²) in [5.74, 6) is -4.71. The van der Waals surface area contributed by atoms with Crippen LogP contribution in [0.15, 0.2) is 0 Å². The van der Waals surface area contributed by atoms with Gasteiger partial charge < -0.3 is 26.0 Å². The highest BCUT2D eigenvalue weighted by atomic mass is 16.6. The van der Waals surface area contributed by atoms with Crippen molar-refractivity contribution in [3.8, 4) is 0 Å². The van der Waals surface area contributed by atoms with Gasteiger partial charge in [-0.3, -0.25) is 14.5 Å². The Morgan fingerprint density at radius 1 is 1.09 bits per heavy atom. The maximum absolute atomic E-state index is 12.7. The SMILES string of the molecule is CC(C)C[C@@H](C(=O)OC(=O)[C@@H](N)CCC(N)=O)N(C)C[C@H](OC(=O)C1CCCC1)C(=O)O. The summed E-state index contributed by atoms with van der Waals surface area (Å²) < 4.78 is 10.1. The number of ether oxygens (including phenoxy) is 2. The molecule has 5 N–H and O–H groups in total. The molecule has 1 amide bonds. The number of primary amides is 1. The van der Waals surface area contributed by atoms with Crippen molar-refractivity contribution in [3.05, 3.63) is 0 Å². The zero-order valence-corrected chi connectivity index (χ0v) is 19.0. The Balaban J connectivity index is 2.80. The molecule has 0 aromatic heterocycles. The highest BCUT2D eigenvalue weighted by molar-refractivity contribution is 5.91. The second kappa shape index (κ2) is 13.1. The molecule has 0 unspecified atom stereocenters. The largest absolute Gasteiger partial charge is 0.478 e. The Labute approximate surface area is 187 Å². The Hall–Kier alpha value is -2.53. The summed E-state index contributed by atoms with van der Waals surface area (Å²) in [4.78, 5) is 60.9. The van der Waals surface area contributed by atoms with E-state index in [0.717, 1.165) is 12.8 Å². The van der Waals surface area contributed by atoms with Gasteiger partial charge in [-0.25, -0.2) is 14.4 Å². The first-order valence-corrected chi connectivity index (χ1v) is 10.8. The van der Waals surface area contributed by atoms with E-state index in [4.69, 9.17) is 20.9 Å². The first-order valence-electron chi connectivity index (χ1n) is 10.8. The second-order valence-corrected chi connectivity index (χ2v) is 8.68. The minimum atomic E-state index is -1.47. The van der Waals surface area contributed by atoms with Crippen LogP contribution in [-0.2, 0) is 33.4 Å². The van der Waals surface area contributed by atoms with E-state index in [1.54, 1.807) is 0 Å². The van der Waals surface area contributed by atoms with Crippen LogP contribution in [0.25, 0.3) is 0 Å². The Morgan fingerprint density at radius 2 is 1.69 bits per heavy atom. The van der Waals surface area contributed by atoms with Crippen molar-refractivity contribution < 1.29 is 38.6 Å². The quantitative estimate of drug-likeness (QED) is 0.255. The summed E-state index contributed by atoms with van der Waals surface area (Å²) in [5, 5.41) is 9.51. The number of aliphatic carboxylic acids is 1. The average Bonchev–Trinajstić information content (AvgIpc) is 3.24. The highest BCUT2D eigenvalue weighted by Crippen LogP contribution is 2.26. The zero-order valence-electron chi connectivity index (χ0n) is 19.0. The molecule has 11 nitrogen and oxygen atoms in total. The summed E-state index contributed by atoms with van der Waals surface area (Å²) in [7, 11) is 1.49. The fourth-order valence-electron chi connectivity index (χ4n) is 3.51. The van der Waals surface area contributed by atoms with Crippen LogP contribution in [0, 0.1) is 11.8 Å². The van der Waals surface area contributed by atoms with Gasteiger partial charge >= 0.3 is 23.9 Å². The summed E-state index contributed by atoms with van der Waals surface area (Å²) in [6.45, 7) is 3.44. The Kier molecular flexibility index (Phi) is 11.3. The predicted octanol–water partition coefficient (Wildman–Crippen LogP) is 0.182. The molecule has 182 valence electrons. The molecule has 1 fully saturated rings. The average molecular weight is 458 g/mol. The number of amides is 1. The van der Waals surface area contributed by atoms with E-state index in [9.17, 15) is 29.1 Å². The van der Waals surface area contributed by atoms with Crippen LogP contribution in [0.5, 0.6) is 0 Å². The van der Waals surface area contributed by atoms with E-state index >= 15 is 0 Å². The van der Waals surface area contributed by atoms with E-state index in [1.807, 2.05) is 13.8 Å². The molecule has 0 bridgehead atoms. The summed E-state index contributed by atoms with van der Waals surface area (Å²) in [6.07, 6.45) is 1.73. The molecule has 0 aliphatic heterocycles. The van der Waals surface area contributed by atoms with Crippen LogP contribution >= 0.6 is 0 Å². The maximum atomic E-state index is 12.7. The van der Waals surface area contributed by atoms with Crippen molar-refractivity contribution >= 4 is 29.8 Å². The van der Waals surface area contributed by atoms with Gasteiger partial charge in [0.25, 0.3) is 0 Å². The van der Waals surface area contributed by atoms with Crippen molar-refractivity contribution in [1.82, 2.24) is 4.90 Å². The summed E-state index contributed by atoms with van der Waals surface area (Å²) in [5.41, 5.74) is 10.7. The third-order valence-electron chi connectivity index (χ3n) is 5.38. The number of carboxylic acids is 1. The Morgan fingerprint density at radius 3 is 2.19 bits per heavy atom. The zero-order chi connectivity index (χ0) is 24.4. The molecule has 32 heavy (non-hydrogen) atoms. The van der Waals surface area contributed by atoms with Crippen LogP contribution in [0.4, 0.5) is 0 Å². The van der Waals surface area contributed by atoms with Crippen molar-refractivity contribution in [2.45, 2.75) is 77.0 Å². The first-order chi connectivity index (χ1) is 14.9. The number of hydrogen-bond acceptors (Lipinski definition) is 9. The fraction of sp³-hybridized carbons (Fsp3) is 0.762. The first kappa shape index (κ1) is 27.5. The van der Waals surface area contributed by atoms with Gasteiger partial charge in [-0.05, 0) is 38.6 Å². The lowest BCUT2D eigenvalue weighted by Gasteiger charge is -2.29. The van der Waals surface area contributed by atoms with Crippen molar-refractivity contribution in [1.29, 1.82) is 0 Å². The molecule has 0 spiro atoms. The molecule has 0 heterocycles. The number of esters is 3. The lowest BCUT2D eigenvalue weighted by atomic mass is 10.0. The van der Waals surface area contributed by atoms with Crippen LogP contribution in [0.3, 0.4) is 0 Å². The smallest absolute Gasteiger partial charge is 0.346 e. The molecule has 11 heteroatoms. The van der Waals surface area contributed by atoms with Gasteiger partial charge in [0.15, 0.2) is 0 Å². The molecule has 0 aromatic carbocycles. The van der Waals surface area contributed by atoms with Gasteiger partial charge in [0.05, 0.1) is 5.92 Å². The van der Waals surface area contributed by atoms with Crippen LogP contribution < -0.4 is 11.5 Å². The number of hydrogen-bond donors (Lipinski definition) is 3. The molecule has 1 saturated carbocycles. The van der Waals surface area contributed by atoms with Crippen LogP contribution in [0.2, 0.25) is 0 Å². The van der Waals surface area contributed by atoms with Crippen LogP contribution in [-0.4, -0.2) is 71.6 Å². The number of carboxylic acid groups (broad SMARTS) is 1. The second-order valence-electron chi connectivity index (χ2n) is 8.68. The normalized spacial score (nSPS) is 17.1. The van der Waals surface area contributed by atoms with E-state index in [2.05, 4.69) is 0 Å². The van der Waals surface area contributed by atoms with Gasteiger partial charge in [0.2, 0.25) is 12.0 Å². The van der Waals surface area contributed by atoms with E-state index in [1.165, 1.54) is 11.9 Å². The van der Waals surface area contributed by atoms with E-state index in [0.29, 0.717) is 12.8 Å². The lowest BCUT2D eigenvalue weighted by molar-refractivity contribution is -0.170. The molecule has 3 atom stereocenters. The number of carbonyl (C=O) groups excluding carboxylic acids is 4. The molecular formula is C21H35N3O8. The van der Waals surface area contributed by atoms with Gasteiger partial charge in [0.1, 0.15) is 12.1 Å². The van der Waals surface area contributed by atoms with Gasteiger partial charge in [0, 0.05) is 13.0 Å². The Bertz CT molecular complexity index is 691. The van der Waals surface area contributed by atoms with E-state index in [-0.39, 0.29) is 37.6 Å². The van der Waals surface area contributed by atoms with Crippen molar-refractivity contribution in [3.63, 3.8) is 0 Å². The van der Waals surface area contributed by atoms with Gasteiger partial charge in [-0.1, -0.05) is 26.7 Å². The number of likely N-dealkylation sites (N-methyl/N-ethyl adjacent to an activating group) is 1. The topological polar surface area (TPSA) is 179 Å². The number of nitrogens with two attached hydrogens (primary N) is 2. The number of rotatable bonds is 13. The van der Waals surface area contributed by atoms with Crippen molar-refractivity contribution in [2.75, 3.05) is 13.6 Å². The molecular weight excluding hydrogens is 422 g/mol. The molecule has 1 aliphatic carbocycles. The summed E-state index contributed by atoms with van der Waals surface area (Å²) in [6, 6.07) is -2.16. The lowest BCUT2D eigenvalue weighted by Crippen LogP contribution is -2.48. The fourth-order valence-corrected chi connectivity index (χ4v) is 3.51. The number of carbonyl (C=O) groups is 5. The molecule has 1 rings (SSSR count). The van der Waals surface area contributed by atoms with Crippen LogP contribution in [0.1, 0.15) is 58.8 Å². The molecule has 0 radical (unpaired) electrons. The molecule has 0 aromatic rings. The third kappa shape index (κ3) is 9.31. The minimum absolute atomic E-state index is 0.0120. The van der Waals surface area contributed by atoms with Gasteiger partial charge in [-0.15, -0.1) is 0 Å². The minimum Gasteiger partial charge on any atom is -0.478 e. The molecule has 0 saturated heterocycles. The third-order valence-corrected chi connectivity index (χ3v) is 5.38. The maximum Gasteiger partial charge on any atom is 0.346 e. The van der Waals surface area contributed by atoms with E-state index < -0.39 is 48.0 Å². The summed E-state index contributed by atoms with van der Waals surface area (Å²) >= 11 is 0. The number of nitrogens with zero attached hydrogens (tertiary/aromatic N) is 1. The van der Waals surface area contributed by atoms with Gasteiger partial charge in [-0.2, -0.15) is 0 Å². The standard InChI is InChI=1S/C21H35N3O8/c1-12(2)10-15(21(30)32-20(29)14(22)8-9-17(23)25)24(3)11-16(18(26)27)31-19(28)13-6-4-5-7-13/h12-16H,4-11,22H2,1-3H3,(H2,23,25)(H,26,27)/t14-,15-,16-/m0/s1.